The van der Waals surface area contributed by atoms with E-state index in [4.69, 9.17) is 21.1 Å². The lowest BCUT2D eigenvalue weighted by molar-refractivity contribution is 0.0811. The second-order valence-corrected chi connectivity index (χ2v) is 7.34. The molecule has 0 amide bonds. The van der Waals surface area contributed by atoms with Crippen molar-refractivity contribution in [3.63, 3.8) is 0 Å². The van der Waals surface area contributed by atoms with Gasteiger partial charge in [0.25, 0.3) is 0 Å². The fourth-order valence-corrected chi connectivity index (χ4v) is 3.95. The van der Waals surface area contributed by atoms with Gasteiger partial charge in [-0.1, -0.05) is 11.6 Å². The van der Waals surface area contributed by atoms with Crippen molar-refractivity contribution in [2.45, 2.75) is 26.3 Å². The highest BCUT2D eigenvalue weighted by Gasteiger charge is 2.28. The zero-order chi connectivity index (χ0) is 19.6. The summed E-state index contributed by atoms with van der Waals surface area (Å²) >= 11 is 6.37. The van der Waals surface area contributed by atoms with Gasteiger partial charge in [-0.2, -0.15) is 5.10 Å². The van der Waals surface area contributed by atoms with Gasteiger partial charge in [0, 0.05) is 37.2 Å². The lowest BCUT2D eigenvalue weighted by Gasteiger charge is -2.32. The van der Waals surface area contributed by atoms with Crippen LogP contribution in [-0.2, 0) is 13.6 Å². The van der Waals surface area contributed by atoms with Gasteiger partial charge in [0.15, 0.2) is 17.3 Å². The van der Waals surface area contributed by atoms with E-state index in [1.807, 2.05) is 20.0 Å². The number of aromatic nitrogens is 2. The summed E-state index contributed by atoms with van der Waals surface area (Å²) < 4.78 is 12.3. The van der Waals surface area contributed by atoms with E-state index >= 15 is 0 Å². The van der Waals surface area contributed by atoms with Crippen LogP contribution < -0.4 is 9.47 Å². The molecule has 146 valence electrons. The quantitative estimate of drug-likeness (QED) is 0.705. The number of carbonyl (C=O) groups is 1. The van der Waals surface area contributed by atoms with Crippen LogP contribution in [0.15, 0.2) is 18.2 Å². The molecule has 1 saturated heterocycles. The number of ketones is 1. The Hall–Kier alpha value is -2.05. The summed E-state index contributed by atoms with van der Waals surface area (Å²) in [4.78, 5) is 15.3. The third-order valence-electron chi connectivity index (χ3n) is 5.20. The van der Waals surface area contributed by atoms with Gasteiger partial charge in [0.2, 0.25) is 0 Å². The Kier molecular flexibility index (Phi) is 6.07. The molecule has 0 radical (unpaired) electrons. The fourth-order valence-electron chi connectivity index (χ4n) is 3.72. The van der Waals surface area contributed by atoms with Crippen LogP contribution in [0.5, 0.6) is 11.5 Å². The highest BCUT2D eigenvalue weighted by Crippen LogP contribution is 2.30. The number of Topliss-reactive ketones (excluding diaryl/α,β-unsaturated/α-hetero) is 1. The Labute approximate surface area is 165 Å². The van der Waals surface area contributed by atoms with Gasteiger partial charge in [-0.05, 0) is 44.5 Å². The summed E-state index contributed by atoms with van der Waals surface area (Å²) in [7, 11) is 5.01. The number of nitrogens with zero attached hydrogens (tertiary/aromatic N) is 3. The van der Waals surface area contributed by atoms with Crippen molar-refractivity contribution in [1.29, 1.82) is 0 Å². The first-order chi connectivity index (χ1) is 12.9. The van der Waals surface area contributed by atoms with Crippen LogP contribution in [0.25, 0.3) is 0 Å². The third kappa shape index (κ3) is 4.12. The van der Waals surface area contributed by atoms with Crippen LogP contribution in [0.2, 0.25) is 5.15 Å². The number of benzene rings is 1. The maximum absolute atomic E-state index is 13.0. The number of hydrogen-bond acceptors (Lipinski definition) is 5. The standard InChI is InChI=1S/C20H26ClN3O3/c1-13-16(20(21)23(2)22-13)12-24-9-5-6-15(11-24)19(25)14-7-8-17(26-3)18(10-14)27-4/h7-8,10,15H,5-6,9,11-12H2,1-4H3/t15-/m1/s1. The second kappa shape index (κ2) is 8.31. The maximum Gasteiger partial charge on any atom is 0.167 e. The Balaban J connectivity index is 1.73. The summed E-state index contributed by atoms with van der Waals surface area (Å²) in [5.74, 6) is 1.32. The molecule has 0 bridgehead atoms. The first kappa shape index (κ1) is 19.7. The lowest BCUT2D eigenvalue weighted by Crippen LogP contribution is -2.38. The number of piperidine rings is 1. The molecule has 2 heterocycles. The van der Waals surface area contributed by atoms with Crippen LogP contribution in [0, 0.1) is 12.8 Å². The van der Waals surface area contributed by atoms with Crippen molar-refractivity contribution in [2.24, 2.45) is 13.0 Å². The predicted octanol–water partition coefficient (Wildman–Crippen LogP) is 3.49. The first-order valence-corrected chi connectivity index (χ1v) is 9.49. The molecule has 27 heavy (non-hydrogen) atoms. The van der Waals surface area contributed by atoms with E-state index in [-0.39, 0.29) is 11.7 Å². The van der Waals surface area contributed by atoms with E-state index < -0.39 is 0 Å². The molecule has 1 aromatic heterocycles. The number of methoxy groups -OCH3 is 2. The molecule has 6 nitrogen and oxygen atoms in total. The number of ether oxygens (including phenoxy) is 2. The molecular formula is C20H26ClN3O3. The number of aryl methyl sites for hydroxylation is 2. The topological polar surface area (TPSA) is 56.6 Å². The SMILES string of the molecule is COc1ccc(C(=O)[C@@H]2CCCN(Cc3c(C)nn(C)c3Cl)C2)cc1OC. The summed E-state index contributed by atoms with van der Waals surface area (Å²) in [5.41, 5.74) is 2.64. The van der Waals surface area contributed by atoms with Crippen LogP contribution in [0.4, 0.5) is 0 Å². The van der Waals surface area contributed by atoms with Crippen molar-refractivity contribution >= 4 is 17.4 Å². The molecule has 2 aromatic rings. The molecule has 1 aliphatic heterocycles. The second-order valence-electron chi connectivity index (χ2n) is 6.99. The van der Waals surface area contributed by atoms with Crippen molar-refractivity contribution in [3.05, 3.63) is 40.2 Å². The van der Waals surface area contributed by atoms with Gasteiger partial charge in [-0.25, -0.2) is 0 Å². The highest BCUT2D eigenvalue weighted by atomic mass is 35.5. The van der Waals surface area contributed by atoms with Gasteiger partial charge in [-0.3, -0.25) is 14.4 Å². The molecule has 0 unspecified atom stereocenters. The predicted molar refractivity (Wildman–Crippen MR) is 105 cm³/mol. The molecule has 3 rings (SSSR count). The van der Waals surface area contributed by atoms with E-state index in [1.54, 1.807) is 31.0 Å². The Morgan fingerprint density at radius 2 is 2.04 bits per heavy atom. The molecule has 1 aliphatic rings. The van der Waals surface area contributed by atoms with E-state index in [0.29, 0.717) is 28.8 Å². The van der Waals surface area contributed by atoms with E-state index in [1.165, 1.54) is 0 Å². The molecule has 1 atom stereocenters. The van der Waals surface area contributed by atoms with Gasteiger partial charge in [0.1, 0.15) is 5.15 Å². The maximum atomic E-state index is 13.0. The first-order valence-electron chi connectivity index (χ1n) is 9.11. The average Bonchev–Trinajstić information content (AvgIpc) is 2.93. The third-order valence-corrected chi connectivity index (χ3v) is 5.67. The van der Waals surface area contributed by atoms with Gasteiger partial charge in [-0.15, -0.1) is 0 Å². The van der Waals surface area contributed by atoms with Gasteiger partial charge < -0.3 is 9.47 Å². The van der Waals surface area contributed by atoms with Crippen LogP contribution in [-0.4, -0.2) is 47.8 Å². The fraction of sp³-hybridized carbons (Fsp3) is 0.500. The van der Waals surface area contributed by atoms with E-state index in [9.17, 15) is 4.79 Å². The largest absolute Gasteiger partial charge is 0.493 e. The number of likely N-dealkylation sites (tertiary alicyclic amines) is 1. The Morgan fingerprint density at radius 3 is 2.67 bits per heavy atom. The molecule has 0 aliphatic carbocycles. The summed E-state index contributed by atoms with van der Waals surface area (Å²) in [6.45, 7) is 4.36. The minimum absolute atomic E-state index is 0.0346. The molecule has 0 N–H and O–H groups in total. The van der Waals surface area contributed by atoms with Crippen LogP contribution in [0.1, 0.15) is 34.5 Å². The van der Waals surface area contributed by atoms with E-state index in [0.717, 1.165) is 37.2 Å². The monoisotopic (exact) mass is 391 g/mol. The molecule has 1 aromatic carbocycles. The molecule has 1 fully saturated rings. The van der Waals surface area contributed by atoms with Crippen molar-refractivity contribution in [2.75, 3.05) is 27.3 Å². The van der Waals surface area contributed by atoms with Crippen LogP contribution >= 0.6 is 11.6 Å². The molecule has 7 heteroatoms. The summed E-state index contributed by atoms with van der Waals surface area (Å²) in [6.07, 6.45) is 1.88. The smallest absolute Gasteiger partial charge is 0.167 e. The van der Waals surface area contributed by atoms with Crippen molar-refractivity contribution in [3.8, 4) is 11.5 Å². The van der Waals surface area contributed by atoms with E-state index in [2.05, 4.69) is 10.00 Å². The summed E-state index contributed by atoms with van der Waals surface area (Å²) in [6, 6.07) is 5.36. The Morgan fingerprint density at radius 1 is 1.30 bits per heavy atom. The number of hydrogen-bond donors (Lipinski definition) is 0. The normalized spacial score (nSPS) is 17.7. The van der Waals surface area contributed by atoms with Crippen molar-refractivity contribution in [1.82, 2.24) is 14.7 Å². The van der Waals surface area contributed by atoms with Gasteiger partial charge in [0.05, 0.1) is 19.9 Å². The lowest BCUT2D eigenvalue weighted by atomic mass is 9.89. The molecule has 0 saturated carbocycles. The highest BCUT2D eigenvalue weighted by molar-refractivity contribution is 6.30. The average molecular weight is 392 g/mol. The minimum Gasteiger partial charge on any atom is -0.493 e. The Bertz CT molecular complexity index is 834. The molecule has 0 spiro atoms. The number of rotatable bonds is 6. The summed E-state index contributed by atoms with van der Waals surface area (Å²) in [5, 5.41) is 5.05. The number of carbonyl (C=O) groups excluding carboxylic acids is 1. The molecular weight excluding hydrogens is 366 g/mol. The number of halogens is 1. The van der Waals surface area contributed by atoms with Crippen LogP contribution in [0.3, 0.4) is 0 Å². The van der Waals surface area contributed by atoms with Gasteiger partial charge >= 0.3 is 0 Å². The zero-order valence-electron chi connectivity index (χ0n) is 16.3. The van der Waals surface area contributed by atoms with Crippen molar-refractivity contribution < 1.29 is 14.3 Å². The minimum atomic E-state index is -0.0346. The zero-order valence-corrected chi connectivity index (χ0v) is 17.0.